The third-order valence-electron chi connectivity index (χ3n) is 1.12. The van der Waals surface area contributed by atoms with E-state index in [4.69, 9.17) is 0 Å². The van der Waals surface area contributed by atoms with Crippen LogP contribution in [-0.2, 0) is 5.11 Å². The maximum absolute atomic E-state index is 11.8. The average Bonchev–Trinajstić information content (AvgIpc) is 2.10. The molecule has 5 heteroatoms. The molecule has 0 bridgehead atoms. The number of rotatable bonds is 1. The highest BCUT2D eigenvalue weighted by atomic mass is 19.3. The van der Waals surface area contributed by atoms with E-state index in [1.54, 1.807) is 5.32 Å². The second-order valence-corrected chi connectivity index (χ2v) is 1.95. The highest BCUT2D eigenvalue weighted by Gasteiger charge is 2.58. The molecule has 1 amide bonds. The van der Waals surface area contributed by atoms with Gasteiger partial charge < -0.3 is 5.32 Å². The first-order chi connectivity index (χ1) is 4.02. The number of carbonyl (C=O) groups excluding carboxylic acids is 1. The van der Waals surface area contributed by atoms with Gasteiger partial charge in [0.1, 0.15) is 6.04 Å². The van der Waals surface area contributed by atoms with E-state index >= 15 is 0 Å². The van der Waals surface area contributed by atoms with E-state index in [1.807, 2.05) is 0 Å². The van der Waals surface area contributed by atoms with Crippen molar-refractivity contribution in [3.63, 3.8) is 0 Å². The van der Waals surface area contributed by atoms with Gasteiger partial charge >= 0.3 is 6.09 Å². The summed E-state index contributed by atoms with van der Waals surface area (Å²) in [5.41, 5.74) is 0. The fourth-order valence-corrected chi connectivity index (χ4v) is 0.512. The molecule has 1 atom stereocenters. The number of halogens is 2. The molecule has 0 aliphatic heterocycles. The molecule has 1 aliphatic rings. The molecular weight excluding hydrogens is 132 g/mol. The van der Waals surface area contributed by atoms with Gasteiger partial charge in [-0.1, -0.05) is 0 Å². The van der Waals surface area contributed by atoms with Crippen molar-refractivity contribution in [2.75, 3.05) is 0 Å². The van der Waals surface area contributed by atoms with Gasteiger partial charge in [0.2, 0.25) is 0 Å². The summed E-state index contributed by atoms with van der Waals surface area (Å²) < 4.78 is 23.6. The van der Waals surface area contributed by atoms with Crippen LogP contribution in [-0.4, -0.2) is 18.1 Å². The average molecular weight is 136 g/mol. The molecule has 0 aromatic carbocycles. The van der Waals surface area contributed by atoms with Crippen LogP contribution in [0.15, 0.2) is 0 Å². The molecular formula is C4H4F2NO2. The Morgan fingerprint density at radius 3 is 2.22 bits per heavy atom. The molecule has 0 spiro atoms. The lowest BCUT2D eigenvalue weighted by Gasteiger charge is -1.92. The van der Waals surface area contributed by atoms with E-state index in [9.17, 15) is 18.7 Å². The van der Waals surface area contributed by atoms with Gasteiger partial charge in [-0.15, -0.1) is 0 Å². The molecule has 9 heavy (non-hydrogen) atoms. The van der Waals surface area contributed by atoms with Crippen LogP contribution in [0.25, 0.3) is 0 Å². The molecule has 1 radical (unpaired) electrons. The highest BCUT2D eigenvalue weighted by Crippen LogP contribution is 2.41. The molecule has 0 aromatic rings. The maximum Gasteiger partial charge on any atom is 0.451 e. The van der Waals surface area contributed by atoms with E-state index in [0.29, 0.717) is 0 Å². The Labute approximate surface area is 49.7 Å². The minimum absolute atomic E-state index is 0.402. The van der Waals surface area contributed by atoms with Crippen molar-refractivity contribution in [3.05, 3.63) is 0 Å². The second-order valence-electron chi connectivity index (χ2n) is 1.95. The monoisotopic (exact) mass is 136 g/mol. The highest BCUT2D eigenvalue weighted by molar-refractivity contribution is 5.65. The molecule has 51 valence electrons. The standard InChI is InChI=1S/C4H4F2NO2/c5-4(6)1-2(4)7-3(8)9/h2,7H,1H2/t2-/m0/s1. The first-order valence-corrected chi connectivity index (χ1v) is 2.38. The summed E-state index contributed by atoms with van der Waals surface area (Å²) in [6, 6.07) is -1.21. The largest absolute Gasteiger partial charge is 0.451 e. The topological polar surface area (TPSA) is 49.0 Å². The van der Waals surface area contributed by atoms with Crippen LogP contribution < -0.4 is 5.32 Å². The number of hydrogen-bond donors (Lipinski definition) is 1. The van der Waals surface area contributed by atoms with Crippen molar-refractivity contribution in [3.8, 4) is 0 Å². The minimum Gasteiger partial charge on any atom is -0.309 e. The van der Waals surface area contributed by atoms with E-state index in [1.165, 1.54) is 0 Å². The molecule has 0 aromatic heterocycles. The minimum atomic E-state index is -2.83. The van der Waals surface area contributed by atoms with Gasteiger partial charge in [-0.2, -0.15) is 0 Å². The Hall–Kier alpha value is -0.870. The molecule has 0 heterocycles. The van der Waals surface area contributed by atoms with Crippen LogP contribution in [0.3, 0.4) is 0 Å². The quantitative estimate of drug-likeness (QED) is 0.561. The zero-order valence-electron chi connectivity index (χ0n) is 4.36. The molecule has 0 saturated heterocycles. The zero-order chi connectivity index (χ0) is 7.07. The molecule has 0 unspecified atom stereocenters. The summed E-state index contributed by atoms with van der Waals surface area (Å²) in [5, 5.41) is 11.1. The van der Waals surface area contributed by atoms with Crippen molar-refractivity contribution >= 4 is 6.09 Å². The van der Waals surface area contributed by atoms with Crippen LogP contribution in [0.1, 0.15) is 6.42 Å². The van der Waals surface area contributed by atoms with Crippen LogP contribution >= 0.6 is 0 Å². The van der Waals surface area contributed by atoms with Crippen LogP contribution in [0.4, 0.5) is 13.6 Å². The van der Waals surface area contributed by atoms with Gasteiger partial charge in [-0.05, 0) is 0 Å². The summed E-state index contributed by atoms with van der Waals surface area (Å²) in [7, 11) is 0. The summed E-state index contributed by atoms with van der Waals surface area (Å²) >= 11 is 0. The van der Waals surface area contributed by atoms with Crippen molar-refractivity contribution in [1.82, 2.24) is 5.32 Å². The lowest BCUT2D eigenvalue weighted by molar-refractivity contribution is 0.102. The van der Waals surface area contributed by atoms with Gasteiger partial charge in [0.05, 0.1) is 0 Å². The Morgan fingerprint density at radius 2 is 2.11 bits per heavy atom. The molecule has 1 rings (SSSR count). The van der Waals surface area contributed by atoms with E-state index in [-0.39, 0.29) is 0 Å². The van der Waals surface area contributed by atoms with E-state index < -0.39 is 24.5 Å². The summed E-state index contributed by atoms with van der Waals surface area (Å²) in [4.78, 5) is 9.58. The van der Waals surface area contributed by atoms with Crippen molar-refractivity contribution in [2.24, 2.45) is 0 Å². The van der Waals surface area contributed by atoms with E-state index in [0.717, 1.165) is 0 Å². The van der Waals surface area contributed by atoms with Gasteiger partial charge in [0, 0.05) is 6.42 Å². The second kappa shape index (κ2) is 1.55. The summed E-state index contributed by atoms with van der Waals surface area (Å²) in [6.07, 6.45) is -2.04. The summed E-state index contributed by atoms with van der Waals surface area (Å²) in [5.74, 6) is -2.83. The van der Waals surface area contributed by atoms with Crippen LogP contribution in [0, 0.1) is 0 Å². The fourth-order valence-electron chi connectivity index (χ4n) is 0.512. The smallest absolute Gasteiger partial charge is 0.309 e. The Kier molecular flexibility index (Phi) is 1.08. The molecule has 3 nitrogen and oxygen atoms in total. The Bertz CT molecular complexity index is 148. The number of alkyl halides is 2. The zero-order valence-corrected chi connectivity index (χ0v) is 4.36. The van der Waals surface area contributed by atoms with Crippen LogP contribution in [0.5, 0.6) is 0 Å². The number of amides is 1. The third-order valence-corrected chi connectivity index (χ3v) is 1.12. The lowest BCUT2D eigenvalue weighted by atomic mass is 10.7. The molecule has 1 saturated carbocycles. The summed E-state index contributed by atoms with van der Waals surface area (Å²) in [6.45, 7) is 0. The number of nitrogens with one attached hydrogen (secondary N) is 1. The third kappa shape index (κ3) is 1.28. The fraction of sp³-hybridized carbons (Fsp3) is 0.750. The first-order valence-electron chi connectivity index (χ1n) is 2.38. The predicted octanol–water partition coefficient (Wildman–Crippen LogP) is 0.534. The van der Waals surface area contributed by atoms with Gasteiger partial charge in [0.15, 0.2) is 0 Å². The van der Waals surface area contributed by atoms with E-state index in [2.05, 4.69) is 0 Å². The number of carbonyl (C=O) groups is 1. The maximum atomic E-state index is 11.8. The van der Waals surface area contributed by atoms with Crippen molar-refractivity contribution in [1.29, 1.82) is 0 Å². The molecule has 1 fully saturated rings. The van der Waals surface area contributed by atoms with Crippen molar-refractivity contribution < 1.29 is 18.7 Å². The Morgan fingerprint density at radius 1 is 1.67 bits per heavy atom. The normalized spacial score (nSPS) is 29.3. The molecule has 1 N–H and O–H groups in total. The Balaban J connectivity index is 2.28. The van der Waals surface area contributed by atoms with Gasteiger partial charge in [-0.3, -0.25) is 0 Å². The van der Waals surface area contributed by atoms with Crippen LogP contribution in [0.2, 0.25) is 0 Å². The number of hydrogen-bond acceptors (Lipinski definition) is 1. The lowest BCUT2D eigenvalue weighted by Crippen LogP contribution is -2.26. The first kappa shape index (κ1) is 6.25. The van der Waals surface area contributed by atoms with Crippen molar-refractivity contribution in [2.45, 2.75) is 18.4 Å². The van der Waals surface area contributed by atoms with Gasteiger partial charge in [0.25, 0.3) is 5.92 Å². The predicted molar refractivity (Wildman–Crippen MR) is 22.6 cm³/mol. The van der Waals surface area contributed by atoms with Gasteiger partial charge in [-0.25, -0.2) is 18.7 Å². The molecule has 1 aliphatic carbocycles. The SMILES string of the molecule is [O]C(=O)N[C@H]1CC1(F)F.